The minimum absolute atomic E-state index is 0.185. The van der Waals surface area contributed by atoms with Gasteiger partial charge in [0.05, 0.1) is 24.3 Å². The molecule has 0 saturated heterocycles. The maximum absolute atomic E-state index is 12.4. The Morgan fingerprint density at radius 1 is 1.36 bits per heavy atom. The van der Waals surface area contributed by atoms with Crippen LogP contribution in [0.4, 0.5) is 0 Å². The summed E-state index contributed by atoms with van der Waals surface area (Å²) in [6, 6.07) is 12.4. The van der Waals surface area contributed by atoms with Crippen LogP contribution in [0, 0.1) is 11.3 Å². The average molecular weight is 295 g/mol. The standard InChI is InChI=1S/C17H17N3O2/c1-3-22-17-15(5-4-10-19-17)16(21)20-12(2)14-8-6-13(11-18)7-9-14/h4-10,12H,3H2,1-2H3,(H,20,21). The third-order valence-electron chi connectivity index (χ3n) is 3.18. The first-order chi connectivity index (χ1) is 10.7. The molecule has 112 valence electrons. The van der Waals surface area contributed by atoms with Gasteiger partial charge in [-0.3, -0.25) is 4.79 Å². The fraction of sp³-hybridized carbons (Fsp3) is 0.235. The summed E-state index contributed by atoms with van der Waals surface area (Å²) in [7, 11) is 0. The minimum atomic E-state index is -0.242. The van der Waals surface area contributed by atoms with Crippen LogP contribution in [0.15, 0.2) is 42.6 Å². The van der Waals surface area contributed by atoms with Gasteiger partial charge in [-0.15, -0.1) is 0 Å². The molecule has 0 saturated carbocycles. The molecule has 1 aromatic carbocycles. The van der Waals surface area contributed by atoms with Gasteiger partial charge in [0.2, 0.25) is 5.88 Å². The number of carbonyl (C=O) groups is 1. The first-order valence-corrected chi connectivity index (χ1v) is 7.04. The normalized spacial score (nSPS) is 11.3. The van der Waals surface area contributed by atoms with Crippen molar-refractivity contribution in [3.8, 4) is 11.9 Å². The summed E-state index contributed by atoms with van der Waals surface area (Å²) in [6.07, 6.45) is 1.59. The Balaban J connectivity index is 2.12. The molecule has 0 fully saturated rings. The first kappa shape index (κ1) is 15.5. The number of nitrogens with zero attached hydrogens (tertiary/aromatic N) is 2. The fourth-order valence-corrected chi connectivity index (χ4v) is 2.02. The number of ether oxygens (including phenoxy) is 1. The number of nitriles is 1. The van der Waals surface area contributed by atoms with Crippen molar-refractivity contribution in [3.63, 3.8) is 0 Å². The van der Waals surface area contributed by atoms with Gasteiger partial charge < -0.3 is 10.1 Å². The second kappa shape index (κ2) is 7.23. The van der Waals surface area contributed by atoms with E-state index >= 15 is 0 Å². The van der Waals surface area contributed by atoms with Crippen LogP contribution in [-0.2, 0) is 0 Å². The quantitative estimate of drug-likeness (QED) is 0.920. The van der Waals surface area contributed by atoms with E-state index in [1.165, 1.54) is 0 Å². The lowest BCUT2D eigenvalue weighted by molar-refractivity contribution is 0.0935. The Hall–Kier alpha value is -2.87. The van der Waals surface area contributed by atoms with Gasteiger partial charge >= 0.3 is 0 Å². The van der Waals surface area contributed by atoms with Gasteiger partial charge in [0.25, 0.3) is 5.91 Å². The summed E-state index contributed by atoms with van der Waals surface area (Å²) >= 11 is 0. The smallest absolute Gasteiger partial charge is 0.257 e. The van der Waals surface area contributed by atoms with E-state index in [9.17, 15) is 4.79 Å². The van der Waals surface area contributed by atoms with Crippen molar-refractivity contribution in [2.24, 2.45) is 0 Å². The summed E-state index contributed by atoms with van der Waals surface area (Å²) in [5.74, 6) is 0.0861. The number of hydrogen-bond donors (Lipinski definition) is 1. The van der Waals surface area contributed by atoms with Crippen molar-refractivity contribution < 1.29 is 9.53 Å². The van der Waals surface area contributed by atoms with E-state index in [0.717, 1.165) is 5.56 Å². The summed E-state index contributed by atoms with van der Waals surface area (Å²) in [6.45, 7) is 4.17. The van der Waals surface area contributed by atoms with E-state index in [0.29, 0.717) is 23.6 Å². The molecule has 0 spiro atoms. The van der Waals surface area contributed by atoms with E-state index in [-0.39, 0.29) is 11.9 Å². The van der Waals surface area contributed by atoms with Crippen molar-refractivity contribution in [1.29, 1.82) is 5.26 Å². The molecule has 5 nitrogen and oxygen atoms in total. The van der Waals surface area contributed by atoms with Crippen LogP contribution in [0.5, 0.6) is 5.88 Å². The molecule has 2 rings (SSSR count). The van der Waals surface area contributed by atoms with Gasteiger partial charge in [-0.05, 0) is 43.7 Å². The van der Waals surface area contributed by atoms with E-state index in [4.69, 9.17) is 10.00 Å². The number of benzene rings is 1. The topological polar surface area (TPSA) is 75.0 Å². The minimum Gasteiger partial charge on any atom is -0.477 e. The van der Waals surface area contributed by atoms with Gasteiger partial charge in [-0.2, -0.15) is 5.26 Å². The third kappa shape index (κ3) is 3.61. The summed E-state index contributed by atoms with van der Waals surface area (Å²) in [5.41, 5.74) is 1.92. The molecule has 2 aromatic rings. The van der Waals surface area contributed by atoms with Gasteiger partial charge in [-0.25, -0.2) is 4.98 Å². The summed E-state index contributed by atoms with van der Waals surface area (Å²) in [4.78, 5) is 16.4. The molecule has 1 atom stereocenters. The molecule has 22 heavy (non-hydrogen) atoms. The van der Waals surface area contributed by atoms with Crippen molar-refractivity contribution in [3.05, 3.63) is 59.3 Å². The SMILES string of the molecule is CCOc1ncccc1C(=O)NC(C)c1ccc(C#N)cc1. The van der Waals surface area contributed by atoms with Crippen LogP contribution in [0.1, 0.15) is 41.4 Å². The molecular formula is C17H17N3O2. The Kier molecular flexibility index (Phi) is 5.10. The van der Waals surface area contributed by atoms with Gasteiger partial charge in [0.1, 0.15) is 5.56 Å². The zero-order chi connectivity index (χ0) is 15.9. The second-order valence-corrected chi connectivity index (χ2v) is 4.72. The van der Waals surface area contributed by atoms with Crippen LogP contribution < -0.4 is 10.1 Å². The van der Waals surface area contributed by atoms with Crippen molar-refractivity contribution in [1.82, 2.24) is 10.3 Å². The number of rotatable bonds is 5. The Morgan fingerprint density at radius 2 is 2.09 bits per heavy atom. The van der Waals surface area contributed by atoms with E-state index in [2.05, 4.69) is 16.4 Å². The zero-order valence-corrected chi connectivity index (χ0v) is 12.5. The molecule has 0 aliphatic heterocycles. The number of hydrogen-bond acceptors (Lipinski definition) is 4. The first-order valence-electron chi connectivity index (χ1n) is 7.04. The number of carbonyl (C=O) groups excluding carboxylic acids is 1. The lowest BCUT2D eigenvalue weighted by Crippen LogP contribution is -2.27. The largest absolute Gasteiger partial charge is 0.477 e. The van der Waals surface area contributed by atoms with Gasteiger partial charge in [-0.1, -0.05) is 12.1 Å². The molecule has 1 aromatic heterocycles. The van der Waals surface area contributed by atoms with Crippen LogP contribution in [-0.4, -0.2) is 17.5 Å². The Bertz CT molecular complexity index is 690. The Labute approximate surface area is 129 Å². The molecule has 0 aliphatic carbocycles. The number of nitrogens with one attached hydrogen (secondary N) is 1. The van der Waals surface area contributed by atoms with Crippen LogP contribution in [0.25, 0.3) is 0 Å². The zero-order valence-electron chi connectivity index (χ0n) is 12.5. The van der Waals surface area contributed by atoms with Gasteiger partial charge in [0.15, 0.2) is 0 Å². The second-order valence-electron chi connectivity index (χ2n) is 4.72. The van der Waals surface area contributed by atoms with Crippen molar-refractivity contribution in [2.45, 2.75) is 19.9 Å². The fourth-order valence-electron chi connectivity index (χ4n) is 2.02. The molecule has 0 aliphatic rings. The molecule has 0 bridgehead atoms. The molecule has 5 heteroatoms. The highest BCUT2D eigenvalue weighted by molar-refractivity contribution is 5.96. The van der Waals surface area contributed by atoms with Gasteiger partial charge in [0, 0.05) is 6.20 Å². The number of aromatic nitrogens is 1. The van der Waals surface area contributed by atoms with Crippen molar-refractivity contribution >= 4 is 5.91 Å². The molecule has 0 radical (unpaired) electrons. The molecule has 1 N–H and O–H groups in total. The van der Waals surface area contributed by atoms with Crippen LogP contribution in [0.2, 0.25) is 0 Å². The predicted molar refractivity (Wildman–Crippen MR) is 82.4 cm³/mol. The molecule has 1 heterocycles. The molecule has 1 amide bonds. The highest BCUT2D eigenvalue weighted by Crippen LogP contribution is 2.18. The van der Waals surface area contributed by atoms with E-state index in [1.54, 1.807) is 30.5 Å². The summed E-state index contributed by atoms with van der Waals surface area (Å²) in [5, 5.41) is 11.7. The summed E-state index contributed by atoms with van der Waals surface area (Å²) < 4.78 is 5.37. The lowest BCUT2D eigenvalue weighted by Gasteiger charge is -2.15. The van der Waals surface area contributed by atoms with Crippen molar-refractivity contribution in [2.75, 3.05) is 6.61 Å². The predicted octanol–water partition coefficient (Wildman–Crippen LogP) is 2.84. The Morgan fingerprint density at radius 3 is 2.73 bits per heavy atom. The monoisotopic (exact) mass is 295 g/mol. The maximum atomic E-state index is 12.4. The molecular weight excluding hydrogens is 278 g/mol. The van der Waals surface area contributed by atoms with Crippen LogP contribution in [0.3, 0.4) is 0 Å². The van der Waals surface area contributed by atoms with Crippen LogP contribution >= 0.6 is 0 Å². The number of amides is 1. The average Bonchev–Trinajstić information content (AvgIpc) is 2.55. The van der Waals surface area contributed by atoms with E-state index < -0.39 is 0 Å². The number of pyridine rings is 1. The third-order valence-corrected chi connectivity index (χ3v) is 3.18. The lowest BCUT2D eigenvalue weighted by atomic mass is 10.1. The van der Waals surface area contributed by atoms with E-state index in [1.807, 2.05) is 26.0 Å². The maximum Gasteiger partial charge on any atom is 0.257 e. The highest BCUT2D eigenvalue weighted by Gasteiger charge is 2.16. The highest BCUT2D eigenvalue weighted by atomic mass is 16.5. The molecule has 1 unspecified atom stereocenters.